The fraction of sp³-hybridized carbons (Fsp3) is 0.846. The number of nitrogens with two attached hydrogens (primary N) is 1. The number of rotatable bonds is 7. The Hall–Kier alpha value is -1.14. The third-order valence-electron chi connectivity index (χ3n) is 3.62. The van der Waals surface area contributed by atoms with Gasteiger partial charge in [-0.3, -0.25) is 14.5 Å². The standard InChI is InChI=1S/C13H25N3O3/c1-2-15(6-4-8-17)10-12(18)16-7-3-5-11(9-16)13(14)19/h11,17H,2-10H2,1H3,(H2,14,19). The smallest absolute Gasteiger partial charge is 0.236 e. The number of hydrogen-bond acceptors (Lipinski definition) is 4. The number of likely N-dealkylation sites (N-methyl/N-ethyl adjacent to an activating group) is 1. The Morgan fingerprint density at radius 1 is 1.47 bits per heavy atom. The number of carbonyl (C=O) groups is 2. The van der Waals surface area contributed by atoms with Crippen molar-refractivity contribution < 1.29 is 14.7 Å². The van der Waals surface area contributed by atoms with E-state index in [-0.39, 0.29) is 24.3 Å². The van der Waals surface area contributed by atoms with Gasteiger partial charge >= 0.3 is 0 Å². The molecule has 6 nitrogen and oxygen atoms in total. The zero-order valence-corrected chi connectivity index (χ0v) is 11.7. The van der Waals surface area contributed by atoms with Crippen LogP contribution in [0.3, 0.4) is 0 Å². The number of aliphatic hydroxyl groups excluding tert-OH is 1. The summed E-state index contributed by atoms with van der Waals surface area (Å²) in [6, 6.07) is 0. The topological polar surface area (TPSA) is 86.9 Å². The van der Waals surface area contributed by atoms with Gasteiger partial charge < -0.3 is 15.7 Å². The molecular weight excluding hydrogens is 246 g/mol. The summed E-state index contributed by atoms with van der Waals surface area (Å²) in [6.07, 6.45) is 2.29. The molecule has 1 aliphatic heterocycles. The SMILES string of the molecule is CCN(CCCO)CC(=O)N1CCCC(C(N)=O)C1. The van der Waals surface area contributed by atoms with Gasteiger partial charge in [-0.1, -0.05) is 6.92 Å². The summed E-state index contributed by atoms with van der Waals surface area (Å²) < 4.78 is 0. The van der Waals surface area contributed by atoms with Gasteiger partial charge in [0.2, 0.25) is 11.8 Å². The highest BCUT2D eigenvalue weighted by molar-refractivity contribution is 5.81. The Bertz CT molecular complexity index is 310. The van der Waals surface area contributed by atoms with Crippen molar-refractivity contribution in [2.24, 2.45) is 11.7 Å². The first-order valence-corrected chi connectivity index (χ1v) is 6.98. The first-order valence-electron chi connectivity index (χ1n) is 6.98. The average Bonchev–Trinajstić information content (AvgIpc) is 2.43. The second-order valence-electron chi connectivity index (χ2n) is 5.03. The van der Waals surface area contributed by atoms with Crippen LogP contribution in [-0.2, 0) is 9.59 Å². The van der Waals surface area contributed by atoms with Gasteiger partial charge in [0, 0.05) is 26.2 Å². The van der Waals surface area contributed by atoms with E-state index in [1.807, 2.05) is 11.8 Å². The number of piperidine rings is 1. The summed E-state index contributed by atoms with van der Waals surface area (Å²) in [5.41, 5.74) is 5.31. The number of nitrogens with zero attached hydrogens (tertiary/aromatic N) is 2. The minimum atomic E-state index is -0.315. The minimum Gasteiger partial charge on any atom is -0.396 e. The molecule has 0 spiro atoms. The van der Waals surface area contributed by atoms with Crippen LogP contribution in [0.5, 0.6) is 0 Å². The lowest BCUT2D eigenvalue weighted by Crippen LogP contribution is -2.47. The van der Waals surface area contributed by atoms with E-state index in [1.54, 1.807) is 4.90 Å². The molecule has 2 amide bonds. The number of likely N-dealkylation sites (tertiary alicyclic amines) is 1. The second-order valence-corrected chi connectivity index (χ2v) is 5.03. The number of amides is 2. The summed E-state index contributed by atoms with van der Waals surface area (Å²) in [5, 5.41) is 8.82. The molecule has 1 unspecified atom stereocenters. The Labute approximate surface area is 114 Å². The van der Waals surface area contributed by atoms with E-state index in [2.05, 4.69) is 0 Å². The van der Waals surface area contributed by atoms with Crippen molar-refractivity contribution in [1.29, 1.82) is 0 Å². The molecule has 1 heterocycles. The fourth-order valence-corrected chi connectivity index (χ4v) is 2.37. The summed E-state index contributed by atoms with van der Waals surface area (Å²) in [4.78, 5) is 27.1. The molecule has 3 N–H and O–H groups in total. The van der Waals surface area contributed by atoms with Crippen molar-refractivity contribution in [1.82, 2.24) is 9.80 Å². The van der Waals surface area contributed by atoms with Gasteiger partial charge in [0.25, 0.3) is 0 Å². The van der Waals surface area contributed by atoms with E-state index in [1.165, 1.54) is 0 Å². The van der Waals surface area contributed by atoms with E-state index >= 15 is 0 Å². The normalized spacial score (nSPS) is 19.7. The molecule has 6 heteroatoms. The highest BCUT2D eigenvalue weighted by atomic mass is 16.3. The van der Waals surface area contributed by atoms with Gasteiger partial charge in [-0.2, -0.15) is 0 Å². The fourth-order valence-electron chi connectivity index (χ4n) is 2.37. The number of carbonyl (C=O) groups excluding carboxylic acids is 2. The van der Waals surface area contributed by atoms with Crippen molar-refractivity contribution in [2.45, 2.75) is 26.2 Å². The summed E-state index contributed by atoms with van der Waals surface area (Å²) in [5.74, 6) is -0.471. The Morgan fingerprint density at radius 2 is 2.21 bits per heavy atom. The predicted octanol–water partition coefficient (Wildman–Crippen LogP) is -0.585. The Morgan fingerprint density at radius 3 is 2.79 bits per heavy atom. The van der Waals surface area contributed by atoms with Crippen molar-refractivity contribution in [2.75, 3.05) is 39.3 Å². The Balaban J connectivity index is 2.45. The van der Waals surface area contributed by atoms with E-state index in [9.17, 15) is 9.59 Å². The lowest BCUT2D eigenvalue weighted by molar-refractivity contribution is -0.136. The first-order chi connectivity index (χ1) is 9.08. The van der Waals surface area contributed by atoms with Gasteiger partial charge in [0.15, 0.2) is 0 Å². The third kappa shape index (κ3) is 5.16. The summed E-state index contributed by atoms with van der Waals surface area (Å²) >= 11 is 0. The van der Waals surface area contributed by atoms with Crippen molar-refractivity contribution >= 4 is 11.8 Å². The van der Waals surface area contributed by atoms with Gasteiger partial charge in [-0.25, -0.2) is 0 Å². The maximum atomic E-state index is 12.2. The van der Waals surface area contributed by atoms with Crippen LogP contribution < -0.4 is 5.73 Å². The molecule has 1 rings (SSSR count). The van der Waals surface area contributed by atoms with Gasteiger partial charge in [0.05, 0.1) is 12.5 Å². The van der Waals surface area contributed by atoms with Crippen molar-refractivity contribution in [3.05, 3.63) is 0 Å². The van der Waals surface area contributed by atoms with E-state index in [0.717, 1.165) is 19.4 Å². The number of primary amides is 1. The summed E-state index contributed by atoms with van der Waals surface area (Å²) in [6.45, 7) is 5.13. The molecule has 0 aromatic rings. The first kappa shape index (κ1) is 15.9. The highest BCUT2D eigenvalue weighted by Gasteiger charge is 2.27. The van der Waals surface area contributed by atoms with Gasteiger partial charge in [-0.15, -0.1) is 0 Å². The monoisotopic (exact) mass is 271 g/mol. The van der Waals surface area contributed by atoms with Crippen LogP contribution in [0.25, 0.3) is 0 Å². The van der Waals surface area contributed by atoms with Gasteiger partial charge in [0.1, 0.15) is 0 Å². The molecule has 1 aliphatic rings. The number of hydrogen-bond donors (Lipinski definition) is 2. The predicted molar refractivity (Wildman–Crippen MR) is 72.3 cm³/mol. The van der Waals surface area contributed by atoms with E-state index in [4.69, 9.17) is 10.8 Å². The molecule has 1 fully saturated rings. The zero-order chi connectivity index (χ0) is 14.3. The van der Waals surface area contributed by atoms with Crippen molar-refractivity contribution in [3.63, 3.8) is 0 Å². The van der Waals surface area contributed by atoms with Crippen molar-refractivity contribution in [3.8, 4) is 0 Å². The third-order valence-corrected chi connectivity index (χ3v) is 3.62. The van der Waals surface area contributed by atoms with Crippen LogP contribution in [0.2, 0.25) is 0 Å². The van der Waals surface area contributed by atoms with Crippen LogP contribution in [0.1, 0.15) is 26.2 Å². The van der Waals surface area contributed by atoms with Crippen LogP contribution in [0.15, 0.2) is 0 Å². The lowest BCUT2D eigenvalue weighted by Gasteiger charge is -2.32. The second kappa shape index (κ2) is 8.12. The average molecular weight is 271 g/mol. The van der Waals surface area contributed by atoms with Crippen LogP contribution >= 0.6 is 0 Å². The molecule has 110 valence electrons. The van der Waals surface area contributed by atoms with Crippen LogP contribution in [-0.4, -0.2) is 66.1 Å². The minimum absolute atomic E-state index is 0.0470. The zero-order valence-electron chi connectivity index (χ0n) is 11.7. The molecule has 0 aromatic heterocycles. The van der Waals surface area contributed by atoms with Crippen LogP contribution in [0, 0.1) is 5.92 Å². The molecule has 0 saturated carbocycles. The molecule has 0 aliphatic carbocycles. The van der Waals surface area contributed by atoms with E-state index < -0.39 is 0 Å². The molecule has 1 saturated heterocycles. The Kier molecular flexibility index (Phi) is 6.80. The lowest BCUT2D eigenvalue weighted by atomic mass is 9.97. The molecule has 0 aromatic carbocycles. The largest absolute Gasteiger partial charge is 0.396 e. The van der Waals surface area contributed by atoms with Gasteiger partial charge in [-0.05, 0) is 25.8 Å². The molecule has 0 bridgehead atoms. The maximum absolute atomic E-state index is 12.2. The molecule has 1 atom stereocenters. The molecular formula is C13H25N3O3. The summed E-state index contributed by atoms with van der Waals surface area (Å²) in [7, 11) is 0. The quantitative estimate of drug-likeness (QED) is 0.648. The maximum Gasteiger partial charge on any atom is 0.236 e. The van der Waals surface area contributed by atoms with Crippen LogP contribution in [0.4, 0.5) is 0 Å². The molecule has 0 radical (unpaired) electrons. The molecule has 19 heavy (non-hydrogen) atoms. The van der Waals surface area contributed by atoms with E-state index in [0.29, 0.717) is 32.6 Å². The highest BCUT2D eigenvalue weighted by Crippen LogP contribution is 2.16. The number of aliphatic hydroxyl groups is 1.